The number of hydrogen-bond acceptors (Lipinski definition) is 4. The number of rotatable bonds is 7. The highest BCUT2D eigenvalue weighted by molar-refractivity contribution is 5.23. The fourth-order valence-corrected chi connectivity index (χ4v) is 2.08. The van der Waals surface area contributed by atoms with Crippen molar-refractivity contribution in [3.63, 3.8) is 0 Å². The van der Waals surface area contributed by atoms with E-state index < -0.39 is 4.92 Å². The zero-order valence-electron chi connectivity index (χ0n) is 11.7. The first-order valence-electron chi connectivity index (χ1n) is 6.82. The van der Waals surface area contributed by atoms with Crippen molar-refractivity contribution in [3.8, 4) is 0 Å². The minimum atomic E-state index is -0.557. The summed E-state index contributed by atoms with van der Waals surface area (Å²) in [5.74, 6) is -0.0441. The molecule has 5 nitrogen and oxygen atoms in total. The molecule has 1 aromatic heterocycles. The molecule has 6 heteroatoms. The lowest BCUT2D eigenvalue weighted by atomic mass is 10.0. The Hall–Kier alpha value is -2.21. The summed E-state index contributed by atoms with van der Waals surface area (Å²) in [6.45, 7) is 2.80. The van der Waals surface area contributed by atoms with E-state index in [4.69, 9.17) is 4.42 Å². The summed E-state index contributed by atoms with van der Waals surface area (Å²) < 4.78 is 18.2. The molecule has 0 aliphatic heterocycles. The lowest BCUT2D eigenvalue weighted by molar-refractivity contribution is -0.402. The maximum Gasteiger partial charge on any atom is 0.433 e. The third kappa shape index (κ3) is 4.13. The summed E-state index contributed by atoms with van der Waals surface area (Å²) >= 11 is 0. The molecule has 2 rings (SSSR count). The molecule has 0 spiro atoms. The third-order valence-electron chi connectivity index (χ3n) is 3.13. The van der Waals surface area contributed by atoms with E-state index in [0.717, 1.165) is 18.5 Å². The smallest absolute Gasteiger partial charge is 0.404 e. The van der Waals surface area contributed by atoms with Gasteiger partial charge < -0.3 is 9.73 Å². The fraction of sp³-hybridized carbons (Fsp3) is 0.333. The Kier molecular flexibility index (Phi) is 5.05. The zero-order valence-corrected chi connectivity index (χ0v) is 11.7. The third-order valence-corrected chi connectivity index (χ3v) is 3.13. The van der Waals surface area contributed by atoms with Gasteiger partial charge in [0.05, 0.1) is 12.1 Å². The van der Waals surface area contributed by atoms with E-state index in [1.165, 1.54) is 18.2 Å². The van der Waals surface area contributed by atoms with E-state index in [9.17, 15) is 14.5 Å². The molecule has 0 aliphatic carbocycles. The first-order valence-corrected chi connectivity index (χ1v) is 6.82. The van der Waals surface area contributed by atoms with Crippen molar-refractivity contribution in [1.29, 1.82) is 0 Å². The molecule has 2 aromatic rings. The number of halogens is 1. The largest absolute Gasteiger partial charge is 0.433 e. The van der Waals surface area contributed by atoms with Crippen LogP contribution in [0.25, 0.3) is 0 Å². The standard InChI is InChI=1S/C15H17FN2O3/c1-2-9-17-13(10-11-3-5-12(16)6-4-11)14-7-8-15(21-14)18(19)20/h3-8,13,17H,2,9-10H2,1H3. The second-order valence-electron chi connectivity index (χ2n) is 4.77. The van der Waals surface area contributed by atoms with Crippen LogP contribution in [0.1, 0.15) is 30.7 Å². The van der Waals surface area contributed by atoms with E-state index in [0.29, 0.717) is 12.2 Å². The Morgan fingerprint density at radius 2 is 2.00 bits per heavy atom. The minimum absolute atomic E-state index is 0.177. The van der Waals surface area contributed by atoms with Crippen LogP contribution in [-0.4, -0.2) is 11.5 Å². The van der Waals surface area contributed by atoms with Crippen molar-refractivity contribution in [2.75, 3.05) is 6.54 Å². The van der Waals surface area contributed by atoms with Crippen LogP contribution in [0, 0.1) is 15.9 Å². The number of nitrogens with one attached hydrogen (secondary N) is 1. The average Bonchev–Trinajstić information content (AvgIpc) is 2.95. The van der Waals surface area contributed by atoms with Gasteiger partial charge in [0.15, 0.2) is 0 Å². The van der Waals surface area contributed by atoms with Crippen molar-refractivity contribution in [1.82, 2.24) is 5.32 Å². The van der Waals surface area contributed by atoms with Gasteiger partial charge in [0.2, 0.25) is 0 Å². The van der Waals surface area contributed by atoms with E-state index in [2.05, 4.69) is 5.32 Å². The van der Waals surface area contributed by atoms with Crippen molar-refractivity contribution >= 4 is 5.88 Å². The molecule has 0 radical (unpaired) electrons. The van der Waals surface area contributed by atoms with Crippen LogP contribution in [0.4, 0.5) is 10.3 Å². The molecular formula is C15H17FN2O3. The summed E-state index contributed by atoms with van der Waals surface area (Å²) in [5.41, 5.74) is 0.934. The molecular weight excluding hydrogens is 275 g/mol. The predicted molar refractivity (Wildman–Crippen MR) is 76.5 cm³/mol. The van der Waals surface area contributed by atoms with Gasteiger partial charge in [-0.05, 0) is 43.1 Å². The maximum atomic E-state index is 12.9. The van der Waals surface area contributed by atoms with Crippen LogP contribution in [0.15, 0.2) is 40.8 Å². The van der Waals surface area contributed by atoms with Crippen molar-refractivity contribution in [2.45, 2.75) is 25.8 Å². The van der Waals surface area contributed by atoms with Crippen molar-refractivity contribution in [2.24, 2.45) is 0 Å². The topological polar surface area (TPSA) is 68.3 Å². The van der Waals surface area contributed by atoms with Crippen LogP contribution >= 0.6 is 0 Å². The highest BCUT2D eigenvalue weighted by Crippen LogP contribution is 2.24. The molecule has 21 heavy (non-hydrogen) atoms. The summed E-state index contributed by atoms with van der Waals surface area (Å²) in [6.07, 6.45) is 1.51. The van der Waals surface area contributed by atoms with Crippen LogP contribution in [0.3, 0.4) is 0 Å². The molecule has 0 amide bonds. The fourth-order valence-electron chi connectivity index (χ4n) is 2.08. The SMILES string of the molecule is CCCNC(Cc1ccc(F)cc1)c1ccc([N+](=O)[O-])o1. The number of nitrogens with zero attached hydrogens (tertiary/aromatic N) is 1. The van der Waals surface area contributed by atoms with E-state index >= 15 is 0 Å². The van der Waals surface area contributed by atoms with Crippen molar-refractivity contribution in [3.05, 3.63) is 63.7 Å². The van der Waals surface area contributed by atoms with E-state index in [1.807, 2.05) is 6.92 Å². The van der Waals surface area contributed by atoms with Gasteiger partial charge in [-0.2, -0.15) is 0 Å². The molecule has 112 valence electrons. The lowest BCUT2D eigenvalue weighted by Gasteiger charge is -2.16. The Bertz CT molecular complexity index is 595. The first kappa shape index (κ1) is 15.2. The predicted octanol–water partition coefficient (Wildman–Crippen LogP) is 3.61. The van der Waals surface area contributed by atoms with Crippen LogP contribution < -0.4 is 5.32 Å². The van der Waals surface area contributed by atoms with Crippen LogP contribution in [0.5, 0.6) is 0 Å². The first-order chi connectivity index (χ1) is 10.1. The van der Waals surface area contributed by atoms with Gasteiger partial charge >= 0.3 is 5.88 Å². The Morgan fingerprint density at radius 1 is 1.29 bits per heavy atom. The quantitative estimate of drug-likeness (QED) is 0.625. The molecule has 0 bridgehead atoms. The van der Waals surface area contributed by atoms with Gasteiger partial charge in [0, 0.05) is 0 Å². The van der Waals surface area contributed by atoms with E-state index in [-0.39, 0.29) is 17.7 Å². The number of benzene rings is 1. The zero-order chi connectivity index (χ0) is 15.2. The molecule has 1 atom stereocenters. The van der Waals surface area contributed by atoms with Crippen LogP contribution in [0.2, 0.25) is 0 Å². The molecule has 0 fully saturated rings. The molecule has 1 heterocycles. The Morgan fingerprint density at radius 3 is 2.57 bits per heavy atom. The van der Waals surface area contributed by atoms with E-state index in [1.54, 1.807) is 18.2 Å². The van der Waals surface area contributed by atoms with Gasteiger partial charge in [-0.3, -0.25) is 10.1 Å². The normalized spacial score (nSPS) is 12.3. The minimum Gasteiger partial charge on any atom is -0.404 e. The molecule has 1 aromatic carbocycles. The summed E-state index contributed by atoms with van der Waals surface area (Å²) in [6, 6.07) is 8.98. The van der Waals surface area contributed by atoms with Crippen molar-refractivity contribution < 1.29 is 13.7 Å². The molecule has 1 unspecified atom stereocenters. The molecule has 1 N–H and O–H groups in total. The number of furan rings is 1. The second kappa shape index (κ2) is 6.99. The summed E-state index contributed by atoms with van der Waals surface area (Å²) in [4.78, 5) is 10.1. The maximum absolute atomic E-state index is 12.9. The van der Waals surface area contributed by atoms with Gasteiger partial charge in [-0.1, -0.05) is 19.1 Å². The monoisotopic (exact) mass is 292 g/mol. The van der Waals surface area contributed by atoms with Gasteiger partial charge in [-0.25, -0.2) is 4.39 Å². The Labute approximate surface area is 121 Å². The summed E-state index contributed by atoms with van der Waals surface area (Å²) in [7, 11) is 0. The number of hydrogen-bond donors (Lipinski definition) is 1. The lowest BCUT2D eigenvalue weighted by Crippen LogP contribution is -2.23. The molecule has 0 aliphatic rings. The average molecular weight is 292 g/mol. The van der Waals surface area contributed by atoms with Gasteiger partial charge in [0.1, 0.15) is 16.5 Å². The Balaban J connectivity index is 2.16. The highest BCUT2D eigenvalue weighted by atomic mass is 19.1. The van der Waals surface area contributed by atoms with Gasteiger partial charge in [-0.15, -0.1) is 0 Å². The summed E-state index contributed by atoms with van der Waals surface area (Å²) in [5, 5.41) is 14.0. The van der Waals surface area contributed by atoms with Gasteiger partial charge in [0.25, 0.3) is 0 Å². The highest BCUT2D eigenvalue weighted by Gasteiger charge is 2.19. The molecule has 0 saturated carbocycles. The second-order valence-corrected chi connectivity index (χ2v) is 4.77. The number of nitro groups is 1. The molecule has 0 saturated heterocycles. The van der Waals surface area contributed by atoms with Crippen LogP contribution in [-0.2, 0) is 6.42 Å².